The third kappa shape index (κ3) is 58.1. The number of carbonyl (C=O) groups is 3. The number of esters is 3. The Balaban J connectivity index is 4.35. The monoisotopic (exact) mass is 995 g/mol. The van der Waals surface area contributed by atoms with Gasteiger partial charge in [-0.3, -0.25) is 14.4 Å². The lowest BCUT2D eigenvalue weighted by atomic mass is 10.1. The summed E-state index contributed by atoms with van der Waals surface area (Å²) in [5, 5.41) is 0. The number of hydrogen-bond donors (Lipinski definition) is 0. The molecule has 0 aromatic heterocycles. The molecule has 0 saturated carbocycles. The molecule has 0 aromatic rings. The van der Waals surface area contributed by atoms with Crippen LogP contribution in [0.3, 0.4) is 0 Å². The maximum Gasteiger partial charge on any atom is 0.306 e. The zero-order chi connectivity index (χ0) is 51.4. The van der Waals surface area contributed by atoms with Gasteiger partial charge in [-0.1, -0.05) is 256 Å². The van der Waals surface area contributed by atoms with Crippen LogP contribution in [0.2, 0.25) is 0 Å². The van der Waals surface area contributed by atoms with Gasteiger partial charge in [0.1, 0.15) is 13.2 Å². The minimum Gasteiger partial charge on any atom is -0.462 e. The molecule has 0 aliphatic carbocycles. The molecule has 6 nitrogen and oxygen atoms in total. The first-order valence-electron chi connectivity index (χ1n) is 31.1. The van der Waals surface area contributed by atoms with Gasteiger partial charge in [-0.2, -0.15) is 0 Å². The molecule has 0 saturated heterocycles. The van der Waals surface area contributed by atoms with Crippen molar-refractivity contribution in [3.8, 4) is 0 Å². The highest BCUT2D eigenvalue weighted by Crippen LogP contribution is 2.16. The zero-order valence-electron chi connectivity index (χ0n) is 47.5. The third-order valence-corrected chi connectivity index (χ3v) is 13.8. The topological polar surface area (TPSA) is 78.9 Å². The number of unbranched alkanes of at least 4 members (excludes halogenated alkanes) is 38. The molecule has 0 aliphatic rings. The molecule has 0 N–H and O–H groups in total. The third-order valence-electron chi connectivity index (χ3n) is 13.8. The van der Waals surface area contributed by atoms with Gasteiger partial charge in [0.25, 0.3) is 0 Å². The SMILES string of the molecule is CCCCCCC/C=C\C/C=C\CCCCCCCCCCCC(=O)OCC(COC(=O)CCCCCCC/C=C\CCCCCCC)OC(=O)CCCCCCCCC/C=C\CCCCCCCCC. The molecule has 6 heteroatoms. The van der Waals surface area contributed by atoms with Crippen molar-refractivity contribution in [2.75, 3.05) is 13.2 Å². The lowest BCUT2D eigenvalue weighted by Gasteiger charge is -2.18. The van der Waals surface area contributed by atoms with E-state index >= 15 is 0 Å². The van der Waals surface area contributed by atoms with Crippen LogP contribution in [0.25, 0.3) is 0 Å². The van der Waals surface area contributed by atoms with Crippen LogP contribution in [0.4, 0.5) is 0 Å². The molecule has 0 fully saturated rings. The number of rotatable bonds is 57. The van der Waals surface area contributed by atoms with Gasteiger partial charge in [0.05, 0.1) is 0 Å². The minimum absolute atomic E-state index is 0.0778. The average molecular weight is 996 g/mol. The van der Waals surface area contributed by atoms with Crippen LogP contribution < -0.4 is 0 Å². The summed E-state index contributed by atoms with van der Waals surface area (Å²) in [7, 11) is 0. The standard InChI is InChI=1S/C65H118O6/c1-4-7-10-13-16-19-22-25-28-30-32-33-34-36-37-40-43-46-49-52-55-58-64(67)70-61-62(60-69-63(66)57-54-51-48-45-42-39-27-24-21-18-15-12-9-6-3)71-65(68)59-56-53-50-47-44-41-38-35-31-29-26-23-20-17-14-11-8-5-2/h22,24-25,27,29-32,62H,4-21,23,26,28,33-61H2,1-3H3/b25-22-,27-24-,31-29-,32-30-. The first kappa shape index (κ1) is 68.4. The Bertz CT molecular complexity index is 1230. The van der Waals surface area contributed by atoms with Gasteiger partial charge in [-0.05, 0) is 103 Å². The molecule has 0 heterocycles. The van der Waals surface area contributed by atoms with E-state index in [0.29, 0.717) is 19.3 Å². The fourth-order valence-corrected chi connectivity index (χ4v) is 9.05. The Morgan fingerprint density at radius 3 is 0.789 bits per heavy atom. The molecular formula is C65H118O6. The molecule has 0 aromatic carbocycles. The summed E-state index contributed by atoms with van der Waals surface area (Å²) in [6, 6.07) is 0. The number of ether oxygens (including phenoxy) is 3. The lowest BCUT2D eigenvalue weighted by molar-refractivity contribution is -0.167. The summed E-state index contributed by atoms with van der Waals surface area (Å²) in [4.78, 5) is 38.3. The summed E-state index contributed by atoms with van der Waals surface area (Å²) in [5.41, 5.74) is 0. The van der Waals surface area contributed by atoms with Gasteiger partial charge in [0.2, 0.25) is 0 Å². The van der Waals surface area contributed by atoms with E-state index in [-0.39, 0.29) is 31.1 Å². The second-order valence-electron chi connectivity index (χ2n) is 21.0. The van der Waals surface area contributed by atoms with Crippen molar-refractivity contribution in [1.29, 1.82) is 0 Å². The molecule has 0 radical (unpaired) electrons. The van der Waals surface area contributed by atoms with Crippen LogP contribution in [0, 0.1) is 0 Å². The van der Waals surface area contributed by atoms with Crippen molar-refractivity contribution in [3.63, 3.8) is 0 Å². The van der Waals surface area contributed by atoms with Crippen LogP contribution in [-0.4, -0.2) is 37.2 Å². The fraction of sp³-hybridized carbons (Fsp3) is 0.831. The largest absolute Gasteiger partial charge is 0.462 e. The Morgan fingerprint density at radius 2 is 0.507 bits per heavy atom. The van der Waals surface area contributed by atoms with Gasteiger partial charge in [0, 0.05) is 19.3 Å². The number of carbonyl (C=O) groups excluding carboxylic acids is 3. The minimum atomic E-state index is -0.780. The van der Waals surface area contributed by atoms with Crippen molar-refractivity contribution in [2.45, 2.75) is 335 Å². The molecule has 0 spiro atoms. The van der Waals surface area contributed by atoms with Gasteiger partial charge < -0.3 is 14.2 Å². The van der Waals surface area contributed by atoms with Gasteiger partial charge in [0.15, 0.2) is 6.10 Å². The molecular weight excluding hydrogens is 877 g/mol. The highest BCUT2D eigenvalue weighted by atomic mass is 16.6. The van der Waals surface area contributed by atoms with Crippen molar-refractivity contribution in [2.24, 2.45) is 0 Å². The van der Waals surface area contributed by atoms with Crippen LogP contribution in [0.1, 0.15) is 329 Å². The molecule has 0 bridgehead atoms. The molecule has 414 valence electrons. The van der Waals surface area contributed by atoms with Crippen molar-refractivity contribution < 1.29 is 28.6 Å². The molecule has 71 heavy (non-hydrogen) atoms. The summed E-state index contributed by atoms with van der Waals surface area (Å²) in [6.45, 7) is 6.65. The van der Waals surface area contributed by atoms with Crippen molar-refractivity contribution in [3.05, 3.63) is 48.6 Å². The van der Waals surface area contributed by atoms with E-state index in [2.05, 4.69) is 69.4 Å². The first-order chi connectivity index (χ1) is 35.0. The molecule has 1 unspecified atom stereocenters. The average Bonchev–Trinajstić information content (AvgIpc) is 3.37. The quantitative estimate of drug-likeness (QED) is 0.0261. The fourth-order valence-electron chi connectivity index (χ4n) is 9.05. The van der Waals surface area contributed by atoms with Crippen LogP contribution in [0.5, 0.6) is 0 Å². The van der Waals surface area contributed by atoms with E-state index in [9.17, 15) is 14.4 Å². The van der Waals surface area contributed by atoms with E-state index in [1.54, 1.807) is 0 Å². The predicted molar refractivity (Wildman–Crippen MR) is 307 cm³/mol. The van der Waals surface area contributed by atoms with Crippen molar-refractivity contribution in [1.82, 2.24) is 0 Å². The molecule has 1 atom stereocenters. The highest BCUT2D eigenvalue weighted by molar-refractivity contribution is 5.71. The summed E-state index contributed by atoms with van der Waals surface area (Å²) < 4.78 is 16.9. The van der Waals surface area contributed by atoms with E-state index in [1.807, 2.05) is 0 Å². The van der Waals surface area contributed by atoms with E-state index in [0.717, 1.165) is 70.6 Å². The maximum atomic E-state index is 12.9. The van der Waals surface area contributed by atoms with Crippen LogP contribution >= 0.6 is 0 Å². The van der Waals surface area contributed by atoms with Crippen LogP contribution in [-0.2, 0) is 28.6 Å². The normalized spacial score (nSPS) is 12.3. The smallest absolute Gasteiger partial charge is 0.306 e. The zero-order valence-corrected chi connectivity index (χ0v) is 47.5. The van der Waals surface area contributed by atoms with Crippen molar-refractivity contribution >= 4 is 17.9 Å². The van der Waals surface area contributed by atoms with Gasteiger partial charge in [-0.25, -0.2) is 0 Å². The summed E-state index contributed by atoms with van der Waals surface area (Å²) in [6.07, 6.45) is 73.9. The Kier molecular flexibility index (Phi) is 57.7. The van der Waals surface area contributed by atoms with E-state index < -0.39 is 6.10 Å². The molecule has 0 rings (SSSR count). The van der Waals surface area contributed by atoms with E-state index in [1.165, 1.54) is 218 Å². The summed E-state index contributed by atoms with van der Waals surface area (Å²) in [5.74, 6) is -0.878. The second kappa shape index (κ2) is 59.9. The Hall–Kier alpha value is -2.63. The predicted octanol–water partition coefficient (Wildman–Crippen LogP) is 21.0. The number of allylic oxidation sites excluding steroid dienone is 8. The van der Waals surface area contributed by atoms with Gasteiger partial charge >= 0.3 is 17.9 Å². The molecule has 0 amide bonds. The molecule has 0 aliphatic heterocycles. The van der Waals surface area contributed by atoms with Gasteiger partial charge in [-0.15, -0.1) is 0 Å². The van der Waals surface area contributed by atoms with E-state index in [4.69, 9.17) is 14.2 Å². The lowest BCUT2D eigenvalue weighted by Crippen LogP contribution is -2.30. The second-order valence-corrected chi connectivity index (χ2v) is 21.0. The number of hydrogen-bond acceptors (Lipinski definition) is 6. The Morgan fingerprint density at radius 1 is 0.282 bits per heavy atom. The first-order valence-corrected chi connectivity index (χ1v) is 31.1. The Labute approximate surface area is 441 Å². The maximum absolute atomic E-state index is 12.9. The van der Waals surface area contributed by atoms with Crippen LogP contribution in [0.15, 0.2) is 48.6 Å². The summed E-state index contributed by atoms with van der Waals surface area (Å²) >= 11 is 0. The highest BCUT2D eigenvalue weighted by Gasteiger charge is 2.19.